The topological polar surface area (TPSA) is 34.1 Å². The highest BCUT2D eigenvalue weighted by molar-refractivity contribution is 6.29. The van der Waals surface area contributed by atoms with Crippen LogP contribution in [0.2, 0.25) is 5.15 Å². The van der Waals surface area contributed by atoms with Crippen molar-refractivity contribution in [3.8, 4) is 0 Å². The molecule has 78 valence electrons. The fourth-order valence-corrected chi connectivity index (χ4v) is 1.14. The summed E-state index contributed by atoms with van der Waals surface area (Å²) < 4.78 is 5.19. The first-order valence-corrected chi connectivity index (χ1v) is 5.09. The van der Waals surface area contributed by atoms with Gasteiger partial charge in [-0.15, -0.1) is 0 Å². The second-order valence-corrected chi connectivity index (χ2v) is 3.25. The Morgan fingerprint density at radius 1 is 1.50 bits per heavy atom. The minimum absolute atomic E-state index is 0.531. The zero-order chi connectivity index (χ0) is 10.2. The summed E-state index contributed by atoms with van der Waals surface area (Å²) in [6.07, 6.45) is 1.77. The van der Waals surface area contributed by atoms with Crippen LogP contribution >= 0.6 is 11.6 Å². The smallest absolute Gasteiger partial charge is 0.129 e. The Morgan fingerprint density at radius 2 is 2.36 bits per heavy atom. The van der Waals surface area contributed by atoms with Crippen LogP contribution in [0.1, 0.15) is 12.5 Å². The van der Waals surface area contributed by atoms with Gasteiger partial charge in [-0.2, -0.15) is 0 Å². The maximum Gasteiger partial charge on any atom is 0.129 e. The second kappa shape index (κ2) is 6.76. The zero-order valence-electron chi connectivity index (χ0n) is 8.29. The Kier molecular flexibility index (Phi) is 5.52. The summed E-state index contributed by atoms with van der Waals surface area (Å²) in [6, 6.07) is 3.75. The number of nitrogens with one attached hydrogen (secondary N) is 1. The molecule has 0 saturated heterocycles. The molecule has 1 rings (SSSR count). The van der Waals surface area contributed by atoms with Crippen LogP contribution < -0.4 is 5.32 Å². The Hall–Kier alpha value is -0.640. The second-order valence-electron chi connectivity index (χ2n) is 2.86. The standard InChI is InChI=1S/C10H15ClN2O/c1-2-14-6-5-12-7-9-3-4-10(11)13-8-9/h3-4,8,12H,2,5-7H2,1H3. The molecular formula is C10H15ClN2O. The molecule has 0 aliphatic carbocycles. The van der Waals surface area contributed by atoms with Crippen LogP contribution in [0.4, 0.5) is 0 Å². The van der Waals surface area contributed by atoms with Crippen LogP contribution in [0.3, 0.4) is 0 Å². The third kappa shape index (κ3) is 4.56. The maximum atomic E-state index is 5.66. The van der Waals surface area contributed by atoms with Crippen molar-refractivity contribution in [1.29, 1.82) is 0 Å². The summed E-state index contributed by atoms with van der Waals surface area (Å²) in [7, 11) is 0. The van der Waals surface area contributed by atoms with Crippen molar-refractivity contribution in [2.45, 2.75) is 13.5 Å². The Bertz CT molecular complexity index is 251. The van der Waals surface area contributed by atoms with Gasteiger partial charge in [0, 0.05) is 25.9 Å². The molecule has 14 heavy (non-hydrogen) atoms. The molecule has 0 aromatic carbocycles. The average molecular weight is 215 g/mol. The van der Waals surface area contributed by atoms with Gasteiger partial charge < -0.3 is 10.1 Å². The third-order valence-electron chi connectivity index (χ3n) is 1.75. The highest BCUT2D eigenvalue weighted by Crippen LogP contribution is 2.04. The van der Waals surface area contributed by atoms with Crippen LogP contribution in [-0.2, 0) is 11.3 Å². The largest absolute Gasteiger partial charge is 0.380 e. The molecule has 1 aromatic heterocycles. The molecule has 0 saturated carbocycles. The molecule has 0 aliphatic rings. The number of nitrogens with zero attached hydrogens (tertiary/aromatic N) is 1. The van der Waals surface area contributed by atoms with Gasteiger partial charge >= 0.3 is 0 Å². The molecule has 0 radical (unpaired) electrons. The lowest BCUT2D eigenvalue weighted by atomic mass is 10.3. The van der Waals surface area contributed by atoms with Crippen LogP contribution in [0.25, 0.3) is 0 Å². The van der Waals surface area contributed by atoms with Gasteiger partial charge in [0.2, 0.25) is 0 Å². The molecule has 0 spiro atoms. The van der Waals surface area contributed by atoms with Gasteiger partial charge in [-0.05, 0) is 18.6 Å². The Labute approximate surface area is 89.4 Å². The summed E-state index contributed by atoms with van der Waals surface area (Å²) in [6.45, 7) is 5.17. The fourth-order valence-electron chi connectivity index (χ4n) is 1.03. The Balaban J connectivity index is 2.15. The van der Waals surface area contributed by atoms with Crippen LogP contribution in [0, 0.1) is 0 Å². The van der Waals surface area contributed by atoms with E-state index in [1.807, 2.05) is 13.0 Å². The van der Waals surface area contributed by atoms with E-state index in [1.54, 1.807) is 12.3 Å². The van der Waals surface area contributed by atoms with E-state index in [4.69, 9.17) is 16.3 Å². The van der Waals surface area contributed by atoms with Crippen molar-refractivity contribution in [2.75, 3.05) is 19.8 Å². The van der Waals surface area contributed by atoms with E-state index in [1.165, 1.54) is 0 Å². The number of pyridine rings is 1. The predicted molar refractivity (Wildman–Crippen MR) is 57.4 cm³/mol. The summed E-state index contributed by atoms with van der Waals surface area (Å²) in [5.74, 6) is 0. The summed E-state index contributed by atoms with van der Waals surface area (Å²) in [5, 5.41) is 3.78. The molecule has 0 atom stereocenters. The van der Waals surface area contributed by atoms with Gasteiger partial charge in [-0.1, -0.05) is 17.7 Å². The number of hydrogen-bond donors (Lipinski definition) is 1. The summed E-state index contributed by atoms with van der Waals surface area (Å²) in [4.78, 5) is 3.99. The van der Waals surface area contributed by atoms with Gasteiger partial charge in [-0.25, -0.2) is 4.98 Å². The lowest BCUT2D eigenvalue weighted by Crippen LogP contribution is -2.19. The van der Waals surface area contributed by atoms with Gasteiger partial charge in [0.05, 0.1) is 6.61 Å². The lowest BCUT2D eigenvalue weighted by Gasteiger charge is -2.04. The van der Waals surface area contributed by atoms with Crippen molar-refractivity contribution >= 4 is 11.6 Å². The number of ether oxygens (including phenoxy) is 1. The van der Waals surface area contributed by atoms with Crippen molar-refractivity contribution in [3.05, 3.63) is 29.0 Å². The number of hydrogen-bond acceptors (Lipinski definition) is 3. The van der Waals surface area contributed by atoms with Gasteiger partial charge in [0.15, 0.2) is 0 Å². The van der Waals surface area contributed by atoms with Gasteiger partial charge in [-0.3, -0.25) is 0 Å². The fraction of sp³-hybridized carbons (Fsp3) is 0.500. The first kappa shape index (κ1) is 11.4. The first-order valence-electron chi connectivity index (χ1n) is 4.72. The average Bonchev–Trinajstić information content (AvgIpc) is 2.21. The molecule has 1 aromatic rings. The van der Waals surface area contributed by atoms with E-state index >= 15 is 0 Å². The number of rotatable bonds is 6. The van der Waals surface area contributed by atoms with Gasteiger partial charge in [0.25, 0.3) is 0 Å². The summed E-state index contributed by atoms with van der Waals surface area (Å²) in [5.41, 5.74) is 1.13. The molecule has 0 aliphatic heterocycles. The van der Waals surface area contributed by atoms with Crippen molar-refractivity contribution in [3.63, 3.8) is 0 Å². The predicted octanol–water partition coefficient (Wildman–Crippen LogP) is 1.86. The van der Waals surface area contributed by atoms with Crippen LogP contribution in [0.15, 0.2) is 18.3 Å². The normalized spacial score (nSPS) is 10.4. The highest BCUT2D eigenvalue weighted by Gasteiger charge is 1.93. The minimum atomic E-state index is 0.531. The highest BCUT2D eigenvalue weighted by atomic mass is 35.5. The zero-order valence-corrected chi connectivity index (χ0v) is 9.05. The van der Waals surface area contributed by atoms with E-state index in [-0.39, 0.29) is 0 Å². The Morgan fingerprint density at radius 3 is 3.00 bits per heavy atom. The molecule has 0 bridgehead atoms. The molecule has 3 nitrogen and oxygen atoms in total. The van der Waals surface area contributed by atoms with E-state index in [0.717, 1.165) is 31.9 Å². The van der Waals surface area contributed by atoms with Crippen molar-refractivity contribution in [2.24, 2.45) is 0 Å². The van der Waals surface area contributed by atoms with E-state index in [9.17, 15) is 0 Å². The van der Waals surface area contributed by atoms with Crippen molar-refractivity contribution in [1.82, 2.24) is 10.3 Å². The SMILES string of the molecule is CCOCCNCc1ccc(Cl)nc1. The molecule has 4 heteroatoms. The maximum absolute atomic E-state index is 5.66. The number of aromatic nitrogens is 1. The lowest BCUT2D eigenvalue weighted by molar-refractivity contribution is 0.149. The molecule has 0 fully saturated rings. The van der Waals surface area contributed by atoms with E-state index < -0.39 is 0 Å². The molecular weight excluding hydrogens is 200 g/mol. The van der Waals surface area contributed by atoms with Crippen LogP contribution in [-0.4, -0.2) is 24.7 Å². The van der Waals surface area contributed by atoms with Gasteiger partial charge in [0.1, 0.15) is 5.15 Å². The third-order valence-corrected chi connectivity index (χ3v) is 1.97. The minimum Gasteiger partial charge on any atom is -0.380 e. The van der Waals surface area contributed by atoms with Crippen LogP contribution in [0.5, 0.6) is 0 Å². The summed E-state index contributed by atoms with van der Waals surface area (Å²) >= 11 is 5.66. The molecule has 1 N–H and O–H groups in total. The first-order chi connectivity index (χ1) is 6.83. The van der Waals surface area contributed by atoms with E-state index in [0.29, 0.717) is 5.15 Å². The van der Waals surface area contributed by atoms with E-state index in [2.05, 4.69) is 10.3 Å². The van der Waals surface area contributed by atoms with Crippen molar-refractivity contribution < 1.29 is 4.74 Å². The molecule has 0 unspecified atom stereocenters. The molecule has 1 heterocycles. The number of halogens is 1. The molecule has 0 amide bonds. The quantitative estimate of drug-likeness (QED) is 0.580. The monoisotopic (exact) mass is 214 g/mol.